The van der Waals surface area contributed by atoms with Gasteiger partial charge < -0.3 is 20.9 Å². The van der Waals surface area contributed by atoms with Crippen molar-refractivity contribution in [3.8, 4) is 11.1 Å². The Labute approximate surface area is 215 Å². The van der Waals surface area contributed by atoms with E-state index in [4.69, 9.17) is 10.5 Å². The van der Waals surface area contributed by atoms with Crippen LogP contribution in [0.2, 0.25) is 0 Å². The Hall–Kier alpha value is -3.50. The van der Waals surface area contributed by atoms with Crippen LogP contribution in [0.5, 0.6) is 0 Å². The van der Waals surface area contributed by atoms with Crippen molar-refractivity contribution in [2.75, 3.05) is 26.0 Å². The minimum Gasteiger partial charge on any atom is -0.320 e. The van der Waals surface area contributed by atoms with Gasteiger partial charge in [0.1, 0.15) is 11.0 Å². The van der Waals surface area contributed by atoms with Gasteiger partial charge in [-0.3, -0.25) is 9.59 Å². The van der Waals surface area contributed by atoms with Crippen molar-refractivity contribution in [1.29, 1.82) is 5.41 Å². The number of amides is 1. The molecule has 0 saturated carbocycles. The minimum atomic E-state index is -1.57. The molecule has 2 unspecified atom stereocenters. The molecule has 3 aromatic rings. The molecular formula is C27H33N5O3S. The second-order valence-corrected chi connectivity index (χ2v) is 9.29. The fraction of sp³-hybridized carbons (Fsp3) is 0.222. The summed E-state index contributed by atoms with van der Waals surface area (Å²) in [5.41, 5.74) is 4.32. The molecular weight excluding hydrogens is 474 g/mol. The Balaban J connectivity index is 0.000000261. The molecule has 2 atom stereocenters. The quantitative estimate of drug-likeness (QED) is 0.190. The molecule has 3 aromatic carbocycles. The van der Waals surface area contributed by atoms with Crippen LogP contribution in [-0.2, 0) is 27.1 Å². The van der Waals surface area contributed by atoms with E-state index in [0.717, 1.165) is 29.8 Å². The van der Waals surface area contributed by atoms with Crippen LogP contribution in [0.4, 0.5) is 5.69 Å². The average Bonchev–Trinajstić information content (AvgIpc) is 2.89. The number of rotatable bonds is 10. The summed E-state index contributed by atoms with van der Waals surface area (Å²) in [7, 11) is 2.52. The molecule has 0 saturated heterocycles. The standard InChI is InChI=1S/C14H12N2O3S.C13H21N3/c15-20(19)13-4-2-1-3-12(13)10-5-7-11(8-6-10)16-14(18)9-17;1-11(15-2)9-16(3)10-13-6-4-5-12(7-13)8-14/h1-9H,15H2,(H,16,18);4-8,11,14-15H,9-10H2,1-3H3. The molecule has 0 spiro atoms. The highest BCUT2D eigenvalue weighted by atomic mass is 32.2. The lowest BCUT2D eigenvalue weighted by atomic mass is 10.1. The largest absolute Gasteiger partial charge is 0.320 e. The van der Waals surface area contributed by atoms with E-state index in [9.17, 15) is 13.8 Å². The first-order valence-corrected chi connectivity index (χ1v) is 12.6. The molecule has 0 bridgehead atoms. The van der Waals surface area contributed by atoms with Gasteiger partial charge in [-0.15, -0.1) is 0 Å². The molecule has 36 heavy (non-hydrogen) atoms. The predicted molar refractivity (Wildman–Crippen MR) is 146 cm³/mol. The molecule has 5 N–H and O–H groups in total. The van der Waals surface area contributed by atoms with E-state index in [-0.39, 0.29) is 6.29 Å². The average molecular weight is 508 g/mol. The van der Waals surface area contributed by atoms with Crippen LogP contribution in [0.25, 0.3) is 11.1 Å². The number of carbonyl (C=O) groups is 2. The van der Waals surface area contributed by atoms with E-state index >= 15 is 0 Å². The first-order valence-electron chi connectivity index (χ1n) is 11.3. The van der Waals surface area contributed by atoms with Crippen LogP contribution >= 0.6 is 0 Å². The Bertz CT molecular complexity index is 1180. The third-order valence-electron chi connectivity index (χ3n) is 5.32. The Morgan fingerprint density at radius 3 is 2.42 bits per heavy atom. The number of carbonyl (C=O) groups excluding carboxylic acids is 2. The first kappa shape index (κ1) is 28.7. The van der Waals surface area contributed by atoms with Gasteiger partial charge in [-0.05, 0) is 67.5 Å². The number of hydrogen-bond donors (Lipinski definition) is 4. The lowest BCUT2D eigenvalue weighted by Crippen LogP contribution is -2.34. The van der Waals surface area contributed by atoms with E-state index in [0.29, 0.717) is 16.6 Å². The summed E-state index contributed by atoms with van der Waals surface area (Å²) in [6.45, 7) is 4.11. The van der Waals surface area contributed by atoms with Gasteiger partial charge in [-0.2, -0.15) is 0 Å². The molecule has 0 radical (unpaired) electrons. The molecule has 0 fully saturated rings. The highest BCUT2D eigenvalue weighted by Gasteiger charge is 2.08. The van der Waals surface area contributed by atoms with Crippen molar-refractivity contribution < 1.29 is 13.8 Å². The van der Waals surface area contributed by atoms with Gasteiger partial charge >= 0.3 is 0 Å². The molecule has 0 aliphatic heterocycles. The highest BCUT2D eigenvalue weighted by molar-refractivity contribution is 7.82. The van der Waals surface area contributed by atoms with E-state index in [2.05, 4.69) is 41.6 Å². The second kappa shape index (κ2) is 14.8. The summed E-state index contributed by atoms with van der Waals surface area (Å²) in [6.07, 6.45) is 1.60. The zero-order valence-corrected chi connectivity index (χ0v) is 21.5. The number of aldehydes is 1. The van der Waals surface area contributed by atoms with Crippen LogP contribution in [0.15, 0.2) is 77.7 Å². The number of anilines is 1. The maximum absolute atomic E-state index is 11.5. The number of nitrogens with one attached hydrogen (secondary N) is 3. The smallest absolute Gasteiger partial charge is 0.288 e. The number of benzene rings is 3. The van der Waals surface area contributed by atoms with Crippen molar-refractivity contribution >= 4 is 35.1 Å². The second-order valence-electron chi connectivity index (χ2n) is 8.25. The molecule has 0 heterocycles. The van der Waals surface area contributed by atoms with Crippen LogP contribution in [0.1, 0.15) is 18.1 Å². The Morgan fingerprint density at radius 2 is 1.81 bits per heavy atom. The normalized spacial score (nSPS) is 12.1. The lowest BCUT2D eigenvalue weighted by Gasteiger charge is -2.21. The van der Waals surface area contributed by atoms with Crippen molar-refractivity contribution in [2.45, 2.75) is 24.4 Å². The Kier molecular flexibility index (Phi) is 11.8. The zero-order valence-electron chi connectivity index (χ0n) is 20.7. The monoisotopic (exact) mass is 507 g/mol. The van der Waals surface area contributed by atoms with Crippen LogP contribution in [0, 0.1) is 5.41 Å². The first-order chi connectivity index (χ1) is 17.3. The van der Waals surface area contributed by atoms with E-state index < -0.39 is 16.9 Å². The lowest BCUT2D eigenvalue weighted by molar-refractivity contribution is -0.127. The molecule has 0 aliphatic rings. The van der Waals surface area contributed by atoms with Crippen LogP contribution in [0.3, 0.4) is 0 Å². The zero-order chi connectivity index (χ0) is 26.5. The summed E-state index contributed by atoms with van der Waals surface area (Å²) < 4.78 is 11.5. The van der Waals surface area contributed by atoms with Crippen molar-refractivity contribution in [3.05, 3.63) is 83.9 Å². The summed E-state index contributed by atoms with van der Waals surface area (Å²) >= 11 is 0. The van der Waals surface area contributed by atoms with E-state index in [1.54, 1.807) is 36.4 Å². The molecule has 3 rings (SSSR count). The third kappa shape index (κ3) is 9.27. The maximum Gasteiger partial charge on any atom is 0.288 e. The summed E-state index contributed by atoms with van der Waals surface area (Å²) in [4.78, 5) is 24.0. The van der Waals surface area contributed by atoms with Gasteiger partial charge in [0.05, 0.1) is 4.90 Å². The van der Waals surface area contributed by atoms with Gasteiger partial charge in [-0.25, -0.2) is 9.35 Å². The van der Waals surface area contributed by atoms with Gasteiger partial charge in [0.25, 0.3) is 5.91 Å². The molecule has 9 heteroatoms. The molecule has 0 aromatic heterocycles. The van der Waals surface area contributed by atoms with Crippen molar-refractivity contribution in [2.24, 2.45) is 5.14 Å². The molecule has 8 nitrogen and oxygen atoms in total. The maximum atomic E-state index is 11.5. The number of likely N-dealkylation sites (N-methyl/N-ethyl adjacent to an activating group) is 2. The van der Waals surface area contributed by atoms with Gasteiger partial charge in [-0.1, -0.05) is 48.5 Å². The molecule has 190 valence electrons. The molecule has 1 amide bonds. The Morgan fingerprint density at radius 1 is 1.11 bits per heavy atom. The van der Waals surface area contributed by atoms with Gasteiger partial charge in [0, 0.05) is 31.0 Å². The SMILES string of the molecule is CNC(C)CN(C)Cc1cccc(C=N)c1.NS(=O)c1ccccc1-c1ccc(NC(=O)C=O)cc1. The van der Waals surface area contributed by atoms with Gasteiger partial charge in [0.2, 0.25) is 6.29 Å². The number of nitrogens with zero attached hydrogens (tertiary/aromatic N) is 1. The minimum absolute atomic E-state index is 0.209. The van der Waals surface area contributed by atoms with Gasteiger partial charge in [0.15, 0.2) is 0 Å². The molecule has 0 aliphatic carbocycles. The van der Waals surface area contributed by atoms with Crippen molar-refractivity contribution in [3.63, 3.8) is 0 Å². The topological polar surface area (TPSA) is 128 Å². The fourth-order valence-electron chi connectivity index (χ4n) is 3.50. The summed E-state index contributed by atoms with van der Waals surface area (Å²) in [5.74, 6) is -0.707. The summed E-state index contributed by atoms with van der Waals surface area (Å²) in [5, 5.41) is 18.3. The highest BCUT2D eigenvalue weighted by Crippen LogP contribution is 2.26. The summed E-state index contributed by atoms with van der Waals surface area (Å²) in [6, 6.07) is 22.6. The predicted octanol–water partition coefficient (Wildman–Crippen LogP) is 3.20. The number of hydrogen-bond acceptors (Lipinski definition) is 6. The van der Waals surface area contributed by atoms with Crippen LogP contribution < -0.4 is 15.8 Å². The fourth-order valence-corrected chi connectivity index (χ4v) is 4.12. The number of nitrogens with two attached hydrogens (primary N) is 1. The van der Waals surface area contributed by atoms with E-state index in [1.807, 2.05) is 31.3 Å². The third-order valence-corrected chi connectivity index (χ3v) is 6.11. The van der Waals surface area contributed by atoms with E-state index in [1.165, 1.54) is 11.8 Å². The van der Waals surface area contributed by atoms with Crippen LogP contribution in [-0.4, -0.2) is 54.2 Å². The van der Waals surface area contributed by atoms with Crippen molar-refractivity contribution in [1.82, 2.24) is 10.2 Å².